The van der Waals surface area contributed by atoms with Crippen LogP contribution in [-0.2, 0) is 0 Å². The number of nitrogens with zero attached hydrogens (tertiary/aromatic N) is 1. The number of benzene rings is 2. The number of hydrogen-bond acceptors (Lipinski definition) is 5. The molecule has 5 nitrogen and oxygen atoms in total. The fourth-order valence-electron chi connectivity index (χ4n) is 2.50. The van der Waals surface area contributed by atoms with Crippen LogP contribution in [0.4, 0.5) is 5.69 Å². The molecule has 7 heteroatoms. The maximum atomic E-state index is 12.6. The van der Waals surface area contributed by atoms with E-state index in [0.29, 0.717) is 11.4 Å². The third kappa shape index (κ3) is 5.21. The van der Waals surface area contributed by atoms with Crippen molar-refractivity contribution in [2.45, 2.75) is 18.2 Å². The Balaban J connectivity index is 1.80. The number of aliphatic imine (C=N–C) groups is 1. The summed E-state index contributed by atoms with van der Waals surface area (Å²) in [6.07, 6.45) is 5.60. The van der Waals surface area contributed by atoms with Crippen LogP contribution in [0.5, 0.6) is 0 Å². The molecule has 28 heavy (non-hydrogen) atoms. The highest BCUT2D eigenvalue weighted by Crippen LogP contribution is 2.33. The largest absolute Gasteiger partial charge is 0.335 e. The van der Waals surface area contributed by atoms with Crippen LogP contribution in [0.2, 0.25) is 0 Å². The molecule has 0 saturated heterocycles. The van der Waals surface area contributed by atoms with Crippen molar-refractivity contribution in [3.8, 4) is 0 Å². The molecule has 1 heterocycles. The van der Waals surface area contributed by atoms with Crippen LogP contribution >= 0.6 is 27.7 Å². The molecule has 3 rings (SSSR count). The van der Waals surface area contributed by atoms with Gasteiger partial charge in [0.15, 0.2) is 0 Å². The number of carbonyl (C=O) groups excluding carboxylic acids is 1. The standard InChI is InChI=1S/C21H19BrN4OS/c1-2-16-13-20(26-19(24-16)11-12-23)28-18-6-4-3-5-17(18)25-21(27)14-7-9-15(22)10-8-14/h3-13,23,26H,2H2,1H3,(H,25,27)/b19-11-,23-12?. The fourth-order valence-corrected chi connectivity index (χ4v) is 3.72. The Labute approximate surface area is 176 Å². The normalized spacial score (nSPS) is 14.7. The molecule has 2 aromatic carbocycles. The average molecular weight is 455 g/mol. The fraction of sp³-hybridized carbons (Fsp3) is 0.0952. The molecular weight excluding hydrogens is 436 g/mol. The van der Waals surface area contributed by atoms with Gasteiger partial charge in [-0.1, -0.05) is 46.7 Å². The van der Waals surface area contributed by atoms with Crippen LogP contribution in [0.25, 0.3) is 0 Å². The molecule has 0 radical (unpaired) electrons. The number of para-hydroxylation sites is 1. The summed E-state index contributed by atoms with van der Waals surface area (Å²) in [6.45, 7) is 2.04. The molecule has 142 valence electrons. The van der Waals surface area contributed by atoms with E-state index >= 15 is 0 Å². The maximum Gasteiger partial charge on any atom is 0.255 e. The van der Waals surface area contributed by atoms with Crippen LogP contribution in [-0.4, -0.2) is 17.8 Å². The van der Waals surface area contributed by atoms with Gasteiger partial charge in [-0.25, -0.2) is 4.99 Å². The third-order valence-corrected chi connectivity index (χ3v) is 5.42. The average Bonchev–Trinajstić information content (AvgIpc) is 2.70. The Kier molecular flexibility index (Phi) is 6.84. The van der Waals surface area contributed by atoms with Gasteiger partial charge in [-0.05, 0) is 55.0 Å². The smallest absolute Gasteiger partial charge is 0.255 e. The lowest BCUT2D eigenvalue weighted by Crippen LogP contribution is -2.17. The minimum atomic E-state index is -0.161. The first kappa shape index (κ1) is 20.1. The van der Waals surface area contributed by atoms with E-state index in [1.54, 1.807) is 18.2 Å². The first-order chi connectivity index (χ1) is 13.6. The SMILES string of the molecule is CCC1=N/C(=C/C=N)NC(Sc2ccccc2NC(=O)c2ccc(Br)cc2)=C1. The Morgan fingerprint density at radius 2 is 2.00 bits per heavy atom. The summed E-state index contributed by atoms with van der Waals surface area (Å²) in [4.78, 5) is 18.0. The monoisotopic (exact) mass is 454 g/mol. The van der Waals surface area contributed by atoms with Crippen molar-refractivity contribution >= 4 is 51.2 Å². The van der Waals surface area contributed by atoms with Crippen molar-refractivity contribution in [3.63, 3.8) is 0 Å². The predicted octanol–water partition coefficient (Wildman–Crippen LogP) is 5.58. The summed E-state index contributed by atoms with van der Waals surface area (Å²) in [6, 6.07) is 14.9. The number of anilines is 1. The van der Waals surface area contributed by atoms with Gasteiger partial charge >= 0.3 is 0 Å². The lowest BCUT2D eigenvalue weighted by Gasteiger charge is -2.18. The number of amides is 1. The van der Waals surface area contributed by atoms with E-state index in [2.05, 4.69) is 31.6 Å². The molecule has 2 aromatic rings. The van der Waals surface area contributed by atoms with Gasteiger partial charge in [0.05, 0.1) is 10.7 Å². The molecule has 1 aliphatic heterocycles. The Bertz CT molecular complexity index is 980. The second-order valence-electron chi connectivity index (χ2n) is 5.87. The maximum absolute atomic E-state index is 12.6. The first-order valence-electron chi connectivity index (χ1n) is 8.70. The van der Waals surface area contributed by atoms with Gasteiger partial charge in [-0.15, -0.1) is 0 Å². The van der Waals surface area contributed by atoms with E-state index in [9.17, 15) is 4.79 Å². The van der Waals surface area contributed by atoms with Crippen molar-refractivity contribution in [1.82, 2.24) is 5.32 Å². The van der Waals surface area contributed by atoms with Gasteiger partial charge in [0.25, 0.3) is 5.91 Å². The van der Waals surface area contributed by atoms with Gasteiger partial charge in [0.1, 0.15) is 5.82 Å². The second kappa shape index (κ2) is 9.52. The predicted molar refractivity (Wildman–Crippen MR) is 120 cm³/mol. The van der Waals surface area contributed by atoms with Crippen LogP contribution < -0.4 is 10.6 Å². The van der Waals surface area contributed by atoms with Gasteiger partial charge in [0.2, 0.25) is 0 Å². The lowest BCUT2D eigenvalue weighted by atomic mass is 10.2. The number of halogens is 1. The van der Waals surface area contributed by atoms with Gasteiger partial charge in [-0.2, -0.15) is 0 Å². The molecule has 1 amide bonds. The Morgan fingerprint density at radius 3 is 2.71 bits per heavy atom. The van der Waals surface area contributed by atoms with E-state index in [-0.39, 0.29) is 5.91 Å². The Morgan fingerprint density at radius 1 is 1.25 bits per heavy atom. The van der Waals surface area contributed by atoms with Crippen molar-refractivity contribution < 1.29 is 4.79 Å². The summed E-state index contributed by atoms with van der Waals surface area (Å²) in [7, 11) is 0. The first-order valence-corrected chi connectivity index (χ1v) is 10.3. The van der Waals surface area contributed by atoms with Crippen LogP contribution in [0.15, 0.2) is 85.9 Å². The summed E-state index contributed by atoms with van der Waals surface area (Å²) in [5.41, 5.74) is 2.27. The molecule has 0 saturated carbocycles. The summed E-state index contributed by atoms with van der Waals surface area (Å²) < 4.78 is 0.928. The molecule has 3 N–H and O–H groups in total. The zero-order chi connectivity index (χ0) is 19.9. The molecule has 0 bridgehead atoms. The van der Waals surface area contributed by atoms with Gasteiger partial charge < -0.3 is 16.0 Å². The number of carbonyl (C=O) groups is 1. The molecule has 0 spiro atoms. The number of thioether (sulfide) groups is 1. The van der Waals surface area contributed by atoms with E-state index < -0.39 is 0 Å². The summed E-state index contributed by atoms with van der Waals surface area (Å²) in [5, 5.41) is 14.4. The summed E-state index contributed by atoms with van der Waals surface area (Å²) >= 11 is 4.89. The third-order valence-electron chi connectivity index (χ3n) is 3.88. The Hall–Kier alpha value is -2.64. The van der Waals surface area contributed by atoms with Gasteiger partial charge in [-0.3, -0.25) is 4.79 Å². The molecule has 1 aliphatic rings. The zero-order valence-corrected chi connectivity index (χ0v) is 17.6. The molecule has 0 unspecified atom stereocenters. The van der Waals surface area contributed by atoms with E-state index in [0.717, 1.165) is 32.2 Å². The van der Waals surface area contributed by atoms with Gasteiger partial charge in [0, 0.05) is 26.9 Å². The minimum absolute atomic E-state index is 0.161. The molecular formula is C21H19BrN4OS. The molecule has 0 fully saturated rings. The van der Waals surface area contributed by atoms with Crippen molar-refractivity contribution in [2.24, 2.45) is 4.99 Å². The van der Waals surface area contributed by atoms with Crippen LogP contribution in [0, 0.1) is 5.41 Å². The zero-order valence-electron chi connectivity index (χ0n) is 15.2. The highest BCUT2D eigenvalue weighted by atomic mass is 79.9. The summed E-state index contributed by atoms with van der Waals surface area (Å²) in [5.74, 6) is 0.472. The number of hydrogen-bond donors (Lipinski definition) is 3. The van der Waals surface area contributed by atoms with Crippen molar-refractivity contribution in [1.29, 1.82) is 5.41 Å². The van der Waals surface area contributed by atoms with Crippen LogP contribution in [0.1, 0.15) is 23.7 Å². The lowest BCUT2D eigenvalue weighted by molar-refractivity contribution is 0.102. The topological polar surface area (TPSA) is 77.3 Å². The van der Waals surface area contributed by atoms with Crippen LogP contribution in [0.3, 0.4) is 0 Å². The number of rotatable bonds is 6. The minimum Gasteiger partial charge on any atom is -0.335 e. The van der Waals surface area contributed by atoms with Crippen molar-refractivity contribution in [3.05, 3.63) is 81.6 Å². The number of nitrogens with one attached hydrogen (secondary N) is 3. The van der Waals surface area contributed by atoms with E-state index in [4.69, 9.17) is 5.41 Å². The second-order valence-corrected chi connectivity index (χ2v) is 7.87. The highest BCUT2D eigenvalue weighted by molar-refractivity contribution is 9.10. The van der Waals surface area contributed by atoms with E-state index in [1.807, 2.05) is 49.4 Å². The molecule has 0 atom stereocenters. The van der Waals surface area contributed by atoms with Crippen molar-refractivity contribution in [2.75, 3.05) is 5.32 Å². The molecule has 0 aliphatic carbocycles. The molecule has 0 aromatic heterocycles. The number of allylic oxidation sites excluding steroid dienone is 2. The van der Waals surface area contributed by atoms with E-state index in [1.165, 1.54) is 18.0 Å². The highest BCUT2D eigenvalue weighted by Gasteiger charge is 2.14. The quantitative estimate of drug-likeness (QED) is 0.498.